The van der Waals surface area contributed by atoms with Gasteiger partial charge in [-0.25, -0.2) is 23.7 Å². The Morgan fingerprint density at radius 1 is 1.10 bits per heavy atom. The molecule has 0 saturated carbocycles. The number of fused-ring (bicyclic) bond motifs is 3. The summed E-state index contributed by atoms with van der Waals surface area (Å²) in [4.78, 5) is 45.3. The second-order valence-corrected chi connectivity index (χ2v) is 11.6. The number of pyridine rings is 1. The molecule has 12 nitrogen and oxygen atoms in total. The molecule has 3 N–H and O–H groups in total. The second-order valence-electron chi connectivity index (χ2n) is 10.5. The molecule has 1 amide bonds. The van der Waals surface area contributed by atoms with E-state index >= 15 is 0 Å². The Morgan fingerprint density at radius 2 is 1.88 bits per heavy atom. The summed E-state index contributed by atoms with van der Waals surface area (Å²) in [5, 5.41) is 11.4. The number of hydrogen-bond donors (Lipinski definition) is 2. The topological polar surface area (TPSA) is 161 Å². The molecular weight excluding hydrogens is 566 g/mol. The standard InChI is InChI=1S/C27H24F2N10O2S/c1-12(40)20-21(14-6-15-3-4-16(7-14)38(15)27(41)24-33-11-34-37-24)36-25-17(9-35-39(25)23(20)30)13-2-5-18(31-8-13)26-32-10-19(42-26)22(28)29/h2,5,8-11,14-16,22H,3-4,6-7,30H2,1H3,(H,33,34,37)/t14-,15-,16+. The molecule has 2 bridgehead atoms. The van der Waals surface area contributed by atoms with Gasteiger partial charge in [0.05, 0.1) is 28.0 Å². The average molecular weight is 591 g/mol. The number of H-pyrrole nitrogens is 1. The molecule has 2 aliphatic heterocycles. The highest BCUT2D eigenvalue weighted by Crippen LogP contribution is 2.45. The summed E-state index contributed by atoms with van der Waals surface area (Å²) in [7, 11) is 0. The van der Waals surface area contributed by atoms with Gasteiger partial charge in [0.1, 0.15) is 17.2 Å². The number of carbonyl (C=O) groups is 2. The molecule has 214 valence electrons. The fourth-order valence-corrected chi connectivity index (χ4v) is 6.99. The molecule has 0 radical (unpaired) electrons. The number of nitrogens with two attached hydrogens (primary N) is 1. The fourth-order valence-electron chi connectivity index (χ4n) is 6.24. The van der Waals surface area contributed by atoms with E-state index in [2.05, 4.69) is 30.2 Å². The van der Waals surface area contributed by atoms with E-state index < -0.39 is 6.43 Å². The lowest BCUT2D eigenvalue weighted by Crippen LogP contribution is -2.46. The molecule has 15 heteroatoms. The lowest BCUT2D eigenvalue weighted by molar-refractivity contribution is 0.0556. The Bertz CT molecular complexity index is 1800. The summed E-state index contributed by atoms with van der Waals surface area (Å²) in [5.74, 6) is -0.159. The molecule has 0 unspecified atom stereocenters. The Balaban J connectivity index is 1.24. The minimum absolute atomic E-state index is 0.0311. The van der Waals surface area contributed by atoms with Crippen molar-refractivity contribution in [2.75, 3.05) is 5.73 Å². The first-order valence-corrected chi connectivity index (χ1v) is 14.2. The van der Waals surface area contributed by atoms with Crippen LogP contribution in [0.4, 0.5) is 14.6 Å². The van der Waals surface area contributed by atoms with E-state index in [1.165, 1.54) is 17.8 Å². The molecule has 0 spiro atoms. The molecule has 7 rings (SSSR count). The number of alkyl halides is 2. The molecule has 2 fully saturated rings. The van der Waals surface area contributed by atoms with Gasteiger partial charge in [0.25, 0.3) is 12.3 Å². The van der Waals surface area contributed by atoms with Crippen LogP contribution in [0.5, 0.6) is 0 Å². The van der Waals surface area contributed by atoms with E-state index in [9.17, 15) is 18.4 Å². The fraction of sp³-hybridized carbons (Fsp3) is 0.333. The van der Waals surface area contributed by atoms with Crippen LogP contribution in [-0.4, -0.2) is 68.4 Å². The van der Waals surface area contributed by atoms with Gasteiger partial charge in [0.2, 0.25) is 5.82 Å². The van der Waals surface area contributed by atoms with Crippen LogP contribution >= 0.6 is 11.3 Å². The summed E-state index contributed by atoms with van der Waals surface area (Å²) in [6, 6.07) is 3.44. The number of nitrogens with zero attached hydrogens (tertiary/aromatic N) is 8. The molecule has 2 aliphatic rings. The van der Waals surface area contributed by atoms with Gasteiger partial charge in [-0.05, 0) is 38.7 Å². The quantitative estimate of drug-likeness (QED) is 0.275. The molecule has 0 aromatic carbocycles. The largest absolute Gasteiger partial charge is 0.383 e. The van der Waals surface area contributed by atoms with Crippen molar-refractivity contribution >= 4 is 34.5 Å². The van der Waals surface area contributed by atoms with Gasteiger partial charge in [-0.3, -0.25) is 19.7 Å². The van der Waals surface area contributed by atoms with Crippen molar-refractivity contribution < 1.29 is 18.4 Å². The minimum atomic E-state index is -2.59. The number of Topliss-reactive ketones (excluding diaryl/α,β-unsaturated/α-hetero) is 1. The molecule has 0 aliphatic carbocycles. The van der Waals surface area contributed by atoms with Gasteiger partial charge in [0.15, 0.2) is 11.4 Å². The Morgan fingerprint density at radius 3 is 2.50 bits per heavy atom. The SMILES string of the molecule is CC(=O)c1c([C@@H]2C[C@H]3CC[C@@H](C2)N3C(=O)c2nc[nH]n2)nc2c(-c3ccc(-c4ncc(C(F)F)s4)nc3)cnn2c1N. The first-order chi connectivity index (χ1) is 20.3. The van der Waals surface area contributed by atoms with Gasteiger partial charge in [0, 0.05) is 41.5 Å². The number of nitrogen functional groups attached to an aromatic ring is 1. The van der Waals surface area contributed by atoms with Gasteiger partial charge in [-0.15, -0.1) is 16.4 Å². The third-order valence-corrected chi connectivity index (χ3v) is 9.08. The summed E-state index contributed by atoms with van der Waals surface area (Å²) in [6.07, 6.45) is 6.13. The van der Waals surface area contributed by atoms with Crippen molar-refractivity contribution in [3.05, 3.63) is 59.0 Å². The first-order valence-electron chi connectivity index (χ1n) is 13.4. The van der Waals surface area contributed by atoms with Gasteiger partial charge in [-0.1, -0.05) is 6.07 Å². The average Bonchev–Trinajstić information content (AvgIpc) is 3.79. The number of hydrogen-bond acceptors (Lipinski definition) is 10. The summed E-state index contributed by atoms with van der Waals surface area (Å²) in [5.41, 5.74) is 9.78. The van der Waals surface area contributed by atoms with E-state index in [4.69, 9.17) is 10.7 Å². The van der Waals surface area contributed by atoms with Gasteiger partial charge in [-0.2, -0.15) is 9.61 Å². The maximum Gasteiger partial charge on any atom is 0.294 e. The second kappa shape index (κ2) is 10.0. The van der Waals surface area contributed by atoms with Crippen LogP contribution in [0.15, 0.2) is 37.1 Å². The zero-order chi connectivity index (χ0) is 29.1. The van der Waals surface area contributed by atoms with Crippen molar-refractivity contribution in [2.45, 2.75) is 57.0 Å². The van der Waals surface area contributed by atoms with Crippen LogP contribution in [0.3, 0.4) is 0 Å². The molecular formula is C27H24F2N10O2S. The maximum absolute atomic E-state index is 13.1. The number of nitrogens with one attached hydrogen (secondary N) is 1. The predicted molar refractivity (Wildman–Crippen MR) is 148 cm³/mol. The van der Waals surface area contributed by atoms with E-state index in [1.54, 1.807) is 24.5 Å². The highest BCUT2D eigenvalue weighted by atomic mass is 32.1. The highest BCUT2D eigenvalue weighted by Gasteiger charge is 2.46. The van der Waals surface area contributed by atoms with Gasteiger partial charge >= 0.3 is 0 Å². The van der Waals surface area contributed by atoms with Crippen LogP contribution in [-0.2, 0) is 0 Å². The number of thiazole rings is 1. The lowest BCUT2D eigenvalue weighted by Gasteiger charge is -2.38. The van der Waals surface area contributed by atoms with Crippen LogP contribution in [0.25, 0.3) is 27.5 Å². The summed E-state index contributed by atoms with van der Waals surface area (Å²) < 4.78 is 27.5. The number of aromatic amines is 1. The Hall–Kier alpha value is -4.66. The normalized spacial score (nSPS) is 20.1. The maximum atomic E-state index is 13.1. The number of amides is 1. The van der Waals surface area contributed by atoms with Crippen LogP contribution in [0.2, 0.25) is 0 Å². The number of anilines is 1. The van der Waals surface area contributed by atoms with E-state index in [-0.39, 0.29) is 46.2 Å². The smallest absolute Gasteiger partial charge is 0.294 e. The van der Waals surface area contributed by atoms with E-state index in [0.29, 0.717) is 51.6 Å². The first kappa shape index (κ1) is 26.3. The summed E-state index contributed by atoms with van der Waals surface area (Å²) in [6.45, 7) is 1.46. The molecule has 42 heavy (non-hydrogen) atoms. The monoisotopic (exact) mass is 590 g/mol. The molecule has 7 heterocycles. The zero-order valence-electron chi connectivity index (χ0n) is 22.2. The van der Waals surface area contributed by atoms with Crippen molar-refractivity contribution in [1.29, 1.82) is 0 Å². The minimum Gasteiger partial charge on any atom is -0.383 e. The number of halogens is 2. The van der Waals surface area contributed by atoms with E-state index in [1.807, 2.05) is 4.90 Å². The van der Waals surface area contributed by atoms with Crippen molar-refractivity contribution in [1.82, 2.24) is 44.6 Å². The third kappa shape index (κ3) is 4.22. The van der Waals surface area contributed by atoms with Crippen molar-refractivity contribution in [3.8, 4) is 21.8 Å². The number of aromatic nitrogens is 8. The number of ketones is 1. The van der Waals surface area contributed by atoms with E-state index in [0.717, 1.165) is 30.4 Å². The molecule has 3 atom stereocenters. The van der Waals surface area contributed by atoms with Crippen molar-refractivity contribution in [3.63, 3.8) is 0 Å². The Kier molecular flexibility index (Phi) is 6.26. The van der Waals surface area contributed by atoms with Crippen LogP contribution in [0.1, 0.15) is 76.5 Å². The predicted octanol–water partition coefficient (Wildman–Crippen LogP) is 4.31. The highest BCUT2D eigenvalue weighted by molar-refractivity contribution is 7.15. The lowest BCUT2D eigenvalue weighted by atomic mass is 9.85. The van der Waals surface area contributed by atoms with Crippen LogP contribution < -0.4 is 5.73 Å². The van der Waals surface area contributed by atoms with Gasteiger partial charge < -0.3 is 10.6 Å². The number of piperidine rings is 1. The zero-order valence-corrected chi connectivity index (χ0v) is 23.1. The third-order valence-electron chi connectivity index (χ3n) is 8.06. The van der Waals surface area contributed by atoms with Crippen LogP contribution in [0, 0.1) is 0 Å². The van der Waals surface area contributed by atoms with Crippen molar-refractivity contribution in [2.24, 2.45) is 0 Å². The molecule has 5 aromatic rings. The number of carbonyl (C=O) groups excluding carboxylic acids is 2. The summed E-state index contributed by atoms with van der Waals surface area (Å²) >= 11 is 0.896. The molecule has 5 aromatic heterocycles. The molecule has 2 saturated heterocycles. The Labute approximate surface area is 241 Å². The number of rotatable bonds is 6.